The van der Waals surface area contributed by atoms with Gasteiger partial charge in [-0.2, -0.15) is 0 Å². The highest BCUT2D eigenvalue weighted by atomic mass is 16.5. The van der Waals surface area contributed by atoms with E-state index in [1.54, 1.807) is 7.11 Å². The van der Waals surface area contributed by atoms with Crippen molar-refractivity contribution in [3.05, 3.63) is 29.8 Å². The molecule has 0 aliphatic heterocycles. The van der Waals surface area contributed by atoms with E-state index >= 15 is 0 Å². The van der Waals surface area contributed by atoms with Crippen LogP contribution in [0.5, 0.6) is 5.75 Å². The summed E-state index contributed by atoms with van der Waals surface area (Å²) in [6.07, 6.45) is 1.94. The molecule has 5 heteroatoms. The molecule has 5 nitrogen and oxygen atoms in total. The smallest absolute Gasteiger partial charge is 0.305 e. The standard InChI is InChI=1S/C16H23NO4/c1-3-11-21-16(19)6-4-5-15(18)17-12-13-7-9-14(20-2)10-8-13/h7-10H,3-6,11-12H2,1-2H3,(H,17,18). The fourth-order valence-corrected chi connectivity index (χ4v) is 1.71. The predicted octanol–water partition coefficient (Wildman–Crippen LogP) is 2.43. The zero-order valence-electron chi connectivity index (χ0n) is 12.7. The topological polar surface area (TPSA) is 64.6 Å². The van der Waals surface area contributed by atoms with Gasteiger partial charge in [-0.1, -0.05) is 19.1 Å². The number of esters is 1. The van der Waals surface area contributed by atoms with Crippen LogP contribution in [0.1, 0.15) is 38.2 Å². The highest BCUT2D eigenvalue weighted by molar-refractivity contribution is 5.77. The summed E-state index contributed by atoms with van der Waals surface area (Å²) in [6.45, 7) is 2.87. The molecule has 0 radical (unpaired) electrons. The fourth-order valence-electron chi connectivity index (χ4n) is 1.71. The number of methoxy groups -OCH3 is 1. The van der Waals surface area contributed by atoms with Gasteiger partial charge in [-0.25, -0.2) is 0 Å². The number of amides is 1. The number of nitrogens with one attached hydrogen (secondary N) is 1. The van der Waals surface area contributed by atoms with E-state index in [4.69, 9.17) is 9.47 Å². The van der Waals surface area contributed by atoms with Crippen molar-refractivity contribution in [1.29, 1.82) is 0 Å². The molecule has 116 valence electrons. The third-order valence-electron chi connectivity index (χ3n) is 2.90. The van der Waals surface area contributed by atoms with Crippen LogP contribution in [0, 0.1) is 0 Å². The Bertz CT molecular complexity index is 442. The number of hydrogen-bond acceptors (Lipinski definition) is 4. The first-order chi connectivity index (χ1) is 10.2. The number of carbonyl (C=O) groups excluding carboxylic acids is 2. The number of ether oxygens (including phenoxy) is 2. The van der Waals surface area contributed by atoms with Gasteiger partial charge in [-0.05, 0) is 30.5 Å². The van der Waals surface area contributed by atoms with Crippen molar-refractivity contribution >= 4 is 11.9 Å². The van der Waals surface area contributed by atoms with E-state index in [-0.39, 0.29) is 18.3 Å². The average molecular weight is 293 g/mol. The molecule has 0 fully saturated rings. The second-order valence-corrected chi connectivity index (χ2v) is 4.70. The van der Waals surface area contributed by atoms with Crippen LogP contribution in [-0.2, 0) is 20.9 Å². The molecular weight excluding hydrogens is 270 g/mol. The summed E-state index contributed by atoms with van der Waals surface area (Å²) in [5.41, 5.74) is 1.01. The summed E-state index contributed by atoms with van der Waals surface area (Å²) in [4.78, 5) is 22.9. The van der Waals surface area contributed by atoms with E-state index in [0.29, 0.717) is 26.0 Å². The van der Waals surface area contributed by atoms with E-state index in [1.807, 2.05) is 31.2 Å². The van der Waals surface area contributed by atoms with Crippen molar-refractivity contribution in [3.8, 4) is 5.75 Å². The van der Waals surface area contributed by atoms with E-state index in [2.05, 4.69) is 5.32 Å². The van der Waals surface area contributed by atoms with Crippen LogP contribution in [0.25, 0.3) is 0 Å². The van der Waals surface area contributed by atoms with E-state index in [9.17, 15) is 9.59 Å². The van der Waals surface area contributed by atoms with Crippen molar-refractivity contribution in [2.45, 2.75) is 39.2 Å². The molecule has 1 rings (SSSR count). The summed E-state index contributed by atoms with van der Waals surface area (Å²) in [6, 6.07) is 7.51. The lowest BCUT2D eigenvalue weighted by Crippen LogP contribution is -2.22. The van der Waals surface area contributed by atoms with Crippen molar-refractivity contribution in [2.75, 3.05) is 13.7 Å². The van der Waals surface area contributed by atoms with Gasteiger partial charge in [0.15, 0.2) is 0 Å². The molecule has 0 atom stereocenters. The first-order valence-electron chi connectivity index (χ1n) is 7.21. The third-order valence-corrected chi connectivity index (χ3v) is 2.90. The first kappa shape index (κ1) is 17.0. The van der Waals surface area contributed by atoms with Crippen LogP contribution >= 0.6 is 0 Å². The Morgan fingerprint density at radius 1 is 1.14 bits per heavy atom. The predicted molar refractivity (Wildman–Crippen MR) is 79.9 cm³/mol. The van der Waals surface area contributed by atoms with Crippen LogP contribution in [0.2, 0.25) is 0 Å². The molecule has 21 heavy (non-hydrogen) atoms. The van der Waals surface area contributed by atoms with Gasteiger partial charge in [0.05, 0.1) is 13.7 Å². The second kappa shape index (κ2) is 9.80. The molecule has 0 aliphatic rings. The molecule has 0 aromatic heterocycles. The minimum Gasteiger partial charge on any atom is -0.497 e. The van der Waals surface area contributed by atoms with Crippen molar-refractivity contribution < 1.29 is 19.1 Å². The quantitative estimate of drug-likeness (QED) is 0.710. The van der Waals surface area contributed by atoms with Gasteiger partial charge in [0.1, 0.15) is 5.75 Å². The van der Waals surface area contributed by atoms with Crippen molar-refractivity contribution in [3.63, 3.8) is 0 Å². The van der Waals surface area contributed by atoms with E-state index in [0.717, 1.165) is 17.7 Å². The number of carbonyl (C=O) groups is 2. The summed E-state index contributed by atoms with van der Waals surface area (Å²) >= 11 is 0. The number of hydrogen-bond donors (Lipinski definition) is 1. The normalized spacial score (nSPS) is 10.0. The minimum absolute atomic E-state index is 0.0610. The first-order valence-corrected chi connectivity index (χ1v) is 7.21. The van der Waals surface area contributed by atoms with Gasteiger partial charge < -0.3 is 14.8 Å². The van der Waals surface area contributed by atoms with Crippen LogP contribution in [-0.4, -0.2) is 25.6 Å². The third kappa shape index (κ3) is 7.34. The van der Waals surface area contributed by atoms with Crippen LogP contribution in [0.15, 0.2) is 24.3 Å². The molecule has 1 amide bonds. The molecule has 0 aliphatic carbocycles. The van der Waals surface area contributed by atoms with Gasteiger partial charge in [0.25, 0.3) is 0 Å². The molecule has 0 unspecified atom stereocenters. The van der Waals surface area contributed by atoms with Gasteiger partial charge in [0, 0.05) is 19.4 Å². The Balaban J connectivity index is 2.17. The molecule has 0 spiro atoms. The lowest BCUT2D eigenvalue weighted by molar-refractivity contribution is -0.143. The number of rotatable bonds is 9. The zero-order chi connectivity index (χ0) is 15.5. The van der Waals surface area contributed by atoms with Crippen LogP contribution < -0.4 is 10.1 Å². The minimum atomic E-state index is -0.236. The second-order valence-electron chi connectivity index (χ2n) is 4.70. The van der Waals surface area contributed by atoms with Crippen LogP contribution in [0.3, 0.4) is 0 Å². The van der Waals surface area contributed by atoms with Crippen molar-refractivity contribution in [2.24, 2.45) is 0 Å². The molecule has 0 saturated carbocycles. The molecule has 1 aromatic rings. The van der Waals surface area contributed by atoms with E-state index in [1.165, 1.54) is 0 Å². The summed E-state index contributed by atoms with van der Waals surface area (Å²) in [7, 11) is 1.61. The SMILES string of the molecule is CCCOC(=O)CCCC(=O)NCc1ccc(OC)cc1. The maximum Gasteiger partial charge on any atom is 0.305 e. The number of benzene rings is 1. The van der Waals surface area contributed by atoms with Gasteiger partial charge >= 0.3 is 5.97 Å². The Hall–Kier alpha value is -2.04. The van der Waals surface area contributed by atoms with Crippen LogP contribution in [0.4, 0.5) is 0 Å². The maximum absolute atomic E-state index is 11.6. The highest BCUT2D eigenvalue weighted by Crippen LogP contribution is 2.11. The van der Waals surface area contributed by atoms with E-state index < -0.39 is 0 Å². The summed E-state index contributed by atoms with van der Waals surface area (Å²) in [5, 5.41) is 2.82. The molecule has 0 bridgehead atoms. The monoisotopic (exact) mass is 293 g/mol. The van der Waals surface area contributed by atoms with Gasteiger partial charge in [0.2, 0.25) is 5.91 Å². The Kier molecular flexibility index (Phi) is 7.94. The van der Waals surface area contributed by atoms with Gasteiger partial charge in [-0.15, -0.1) is 0 Å². The largest absolute Gasteiger partial charge is 0.497 e. The molecule has 0 saturated heterocycles. The highest BCUT2D eigenvalue weighted by Gasteiger charge is 2.06. The lowest BCUT2D eigenvalue weighted by atomic mass is 10.2. The Morgan fingerprint density at radius 3 is 2.48 bits per heavy atom. The lowest BCUT2D eigenvalue weighted by Gasteiger charge is -2.06. The van der Waals surface area contributed by atoms with Gasteiger partial charge in [-0.3, -0.25) is 9.59 Å². The average Bonchev–Trinajstić information content (AvgIpc) is 2.51. The molecular formula is C16H23NO4. The maximum atomic E-state index is 11.6. The molecule has 1 N–H and O–H groups in total. The summed E-state index contributed by atoms with van der Waals surface area (Å²) < 4.78 is 10.0. The Morgan fingerprint density at radius 2 is 1.86 bits per heavy atom. The zero-order valence-corrected chi connectivity index (χ0v) is 12.7. The fraction of sp³-hybridized carbons (Fsp3) is 0.500. The molecule has 0 heterocycles. The molecule has 1 aromatic carbocycles. The Labute approximate surface area is 125 Å². The summed E-state index contributed by atoms with van der Waals surface area (Å²) in [5.74, 6) is 0.490. The van der Waals surface area contributed by atoms with Crippen molar-refractivity contribution in [1.82, 2.24) is 5.32 Å².